The Kier molecular flexibility index (Phi) is 7.35. The van der Waals surface area contributed by atoms with E-state index in [1.165, 1.54) is 0 Å². The summed E-state index contributed by atoms with van der Waals surface area (Å²) in [6, 6.07) is 18.9. The van der Waals surface area contributed by atoms with Gasteiger partial charge in [-0.2, -0.15) is 0 Å². The smallest absolute Gasteiger partial charge is 0.349 e. The van der Waals surface area contributed by atoms with Gasteiger partial charge in [-0.05, 0) is 41.1 Å². The molecular formula is C27H24Cl2N4O3S. The molecule has 2 aromatic heterocycles. The monoisotopic (exact) mass is 554 g/mol. The lowest BCUT2D eigenvalue weighted by Crippen LogP contribution is -2.48. The minimum atomic E-state index is -0.624. The zero-order valence-corrected chi connectivity index (χ0v) is 22.2. The van der Waals surface area contributed by atoms with Gasteiger partial charge in [0.05, 0.1) is 10.2 Å². The third-order valence-electron chi connectivity index (χ3n) is 6.58. The highest BCUT2D eigenvalue weighted by Gasteiger charge is 2.20. The highest BCUT2D eigenvalue weighted by atomic mass is 35.5. The molecule has 0 atom stereocenters. The fourth-order valence-electron chi connectivity index (χ4n) is 4.64. The van der Waals surface area contributed by atoms with Crippen molar-refractivity contribution in [1.82, 2.24) is 15.2 Å². The van der Waals surface area contributed by atoms with Crippen molar-refractivity contribution in [3.8, 4) is 0 Å². The van der Waals surface area contributed by atoms with Gasteiger partial charge in [-0.1, -0.05) is 53.3 Å². The molecule has 7 nitrogen and oxygen atoms in total. The van der Waals surface area contributed by atoms with Crippen LogP contribution in [0.3, 0.4) is 0 Å². The van der Waals surface area contributed by atoms with Crippen LogP contribution in [0.15, 0.2) is 69.9 Å². The molecule has 0 bridgehead atoms. The van der Waals surface area contributed by atoms with Crippen LogP contribution in [0.4, 0.5) is 5.13 Å². The lowest BCUT2D eigenvalue weighted by atomic mass is 10.0. The molecular weight excluding hydrogens is 531 g/mol. The Morgan fingerprint density at radius 1 is 1.03 bits per heavy atom. The molecule has 37 heavy (non-hydrogen) atoms. The summed E-state index contributed by atoms with van der Waals surface area (Å²) in [6.45, 7) is 4.63. The second-order valence-electron chi connectivity index (χ2n) is 8.84. The molecule has 0 unspecified atom stereocenters. The number of aromatic nitrogens is 1. The molecule has 190 valence electrons. The van der Waals surface area contributed by atoms with E-state index in [1.54, 1.807) is 23.5 Å². The Bertz CT molecular complexity index is 1660. The normalized spacial score (nSPS) is 14.2. The van der Waals surface area contributed by atoms with Crippen molar-refractivity contribution in [2.75, 3.05) is 44.2 Å². The Balaban J connectivity index is 0.00000280. The zero-order chi connectivity index (χ0) is 24.6. The molecule has 1 aliphatic rings. The predicted octanol–water partition coefficient (Wildman–Crippen LogP) is 5.18. The average molecular weight is 555 g/mol. The zero-order valence-electron chi connectivity index (χ0n) is 19.8. The van der Waals surface area contributed by atoms with Crippen molar-refractivity contribution in [3.05, 3.63) is 81.7 Å². The van der Waals surface area contributed by atoms with E-state index < -0.39 is 11.5 Å². The number of benzene rings is 3. The second kappa shape index (κ2) is 10.7. The molecule has 0 spiro atoms. The number of carbonyl (C=O) groups excluding carboxylic acids is 1. The number of nitrogens with one attached hydrogen (secondary N) is 1. The quantitative estimate of drug-likeness (QED) is 0.238. The summed E-state index contributed by atoms with van der Waals surface area (Å²) in [4.78, 5) is 34.6. The molecule has 10 heteroatoms. The first-order valence-electron chi connectivity index (χ1n) is 11.8. The van der Waals surface area contributed by atoms with E-state index in [-0.39, 0.29) is 18.0 Å². The number of rotatable bonds is 5. The predicted molar refractivity (Wildman–Crippen MR) is 153 cm³/mol. The summed E-state index contributed by atoms with van der Waals surface area (Å²) < 4.78 is 6.55. The highest BCUT2D eigenvalue weighted by Crippen LogP contribution is 2.31. The first-order valence-corrected chi connectivity index (χ1v) is 13.0. The number of carbonyl (C=O) groups is 1. The number of hydrogen-bond donors (Lipinski definition) is 1. The number of thiazole rings is 1. The highest BCUT2D eigenvalue weighted by molar-refractivity contribution is 7.22. The van der Waals surface area contributed by atoms with Gasteiger partial charge in [-0.25, -0.2) is 9.78 Å². The maximum atomic E-state index is 12.8. The fourth-order valence-corrected chi connectivity index (χ4v) is 5.93. The number of fused-ring (bicyclic) bond motifs is 4. The number of amides is 1. The van der Waals surface area contributed by atoms with Crippen LogP contribution in [0.25, 0.3) is 32.0 Å². The molecule has 3 aromatic carbocycles. The Morgan fingerprint density at radius 3 is 2.68 bits per heavy atom. The Morgan fingerprint density at radius 2 is 1.84 bits per heavy atom. The van der Waals surface area contributed by atoms with Gasteiger partial charge in [0.25, 0.3) is 5.91 Å². The number of halogens is 2. The Labute approximate surface area is 228 Å². The van der Waals surface area contributed by atoms with Gasteiger partial charge in [0.15, 0.2) is 5.13 Å². The molecule has 0 aliphatic carbocycles. The third kappa shape index (κ3) is 5.15. The van der Waals surface area contributed by atoms with Crippen molar-refractivity contribution in [2.45, 2.75) is 0 Å². The Hall–Kier alpha value is -3.17. The van der Waals surface area contributed by atoms with Crippen LogP contribution in [0.2, 0.25) is 5.02 Å². The van der Waals surface area contributed by atoms with Gasteiger partial charge >= 0.3 is 5.63 Å². The molecule has 1 aliphatic heterocycles. The molecule has 6 rings (SSSR count). The van der Waals surface area contributed by atoms with Crippen molar-refractivity contribution >= 4 is 78.3 Å². The van der Waals surface area contributed by atoms with Crippen LogP contribution >= 0.6 is 35.3 Å². The molecule has 1 fully saturated rings. The number of anilines is 1. The average Bonchev–Trinajstić information content (AvgIpc) is 3.31. The summed E-state index contributed by atoms with van der Waals surface area (Å²) in [5, 5.41) is 7.35. The maximum absolute atomic E-state index is 12.8. The van der Waals surface area contributed by atoms with Crippen LogP contribution in [-0.2, 0) is 0 Å². The minimum Gasteiger partial charge on any atom is -0.422 e. The van der Waals surface area contributed by atoms with E-state index in [9.17, 15) is 9.59 Å². The van der Waals surface area contributed by atoms with E-state index in [0.29, 0.717) is 18.7 Å². The van der Waals surface area contributed by atoms with Crippen molar-refractivity contribution in [1.29, 1.82) is 0 Å². The minimum absolute atomic E-state index is 0. The van der Waals surface area contributed by atoms with Crippen molar-refractivity contribution < 1.29 is 9.21 Å². The second-order valence-corrected chi connectivity index (χ2v) is 10.3. The van der Waals surface area contributed by atoms with Gasteiger partial charge in [-0.15, -0.1) is 12.4 Å². The van der Waals surface area contributed by atoms with Crippen LogP contribution in [-0.4, -0.2) is 55.1 Å². The SMILES string of the molecule is Cl.O=C(NCCN1CCN(c2nc3ccc(Cl)cc3s2)CC1)c1cc2c(ccc3ccccc32)oc1=O. The van der Waals surface area contributed by atoms with Gasteiger partial charge in [0.2, 0.25) is 0 Å². The molecule has 1 saturated heterocycles. The van der Waals surface area contributed by atoms with Crippen LogP contribution in [0.1, 0.15) is 10.4 Å². The van der Waals surface area contributed by atoms with Crippen molar-refractivity contribution in [2.24, 2.45) is 0 Å². The lowest BCUT2D eigenvalue weighted by molar-refractivity contribution is 0.0944. The van der Waals surface area contributed by atoms with Crippen molar-refractivity contribution in [3.63, 3.8) is 0 Å². The molecule has 5 aromatic rings. The van der Waals surface area contributed by atoms with Crippen LogP contribution < -0.4 is 15.8 Å². The first kappa shape index (κ1) is 25.5. The topological polar surface area (TPSA) is 78.7 Å². The van der Waals surface area contributed by atoms with Gasteiger partial charge in [0.1, 0.15) is 11.1 Å². The fraction of sp³-hybridized carbons (Fsp3) is 0.222. The molecule has 0 saturated carbocycles. The molecule has 0 radical (unpaired) electrons. The van der Waals surface area contributed by atoms with Gasteiger partial charge in [0, 0.05) is 49.7 Å². The lowest BCUT2D eigenvalue weighted by Gasteiger charge is -2.34. The largest absolute Gasteiger partial charge is 0.422 e. The summed E-state index contributed by atoms with van der Waals surface area (Å²) >= 11 is 7.76. The summed E-state index contributed by atoms with van der Waals surface area (Å²) in [6.07, 6.45) is 0. The van der Waals surface area contributed by atoms with E-state index in [0.717, 1.165) is 62.7 Å². The number of hydrogen-bond acceptors (Lipinski definition) is 7. The maximum Gasteiger partial charge on any atom is 0.349 e. The third-order valence-corrected chi connectivity index (χ3v) is 7.90. The number of piperazine rings is 1. The van der Waals surface area contributed by atoms with E-state index >= 15 is 0 Å². The molecule has 1 amide bonds. The number of nitrogens with zero attached hydrogens (tertiary/aromatic N) is 3. The van der Waals surface area contributed by atoms with E-state index in [2.05, 4.69) is 15.1 Å². The van der Waals surface area contributed by atoms with Crippen LogP contribution in [0, 0.1) is 0 Å². The van der Waals surface area contributed by atoms with Gasteiger partial charge in [-0.3, -0.25) is 9.69 Å². The van der Waals surface area contributed by atoms with Gasteiger partial charge < -0.3 is 14.6 Å². The standard InChI is InChI=1S/C27H23ClN4O3S.ClH/c28-18-6-7-22-24(15-18)36-27(30-22)32-13-11-31(12-14-32)10-9-29-25(33)21-16-20-19-4-2-1-3-17(19)5-8-23(20)35-26(21)34;/h1-8,15-16H,9-14H2,(H,29,33);1H. The summed E-state index contributed by atoms with van der Waals surface area (Å²) in [7, 11) is 0. The molecule has 1 N–H and O–H groups in total. The van der Waals surface area contributed by atoms with E-state index in [1.807, 2.05) is 48.5 Å². The first-order chi connectivity index (χ1) is 17.5. The van der Waals surface area contributed by atoms with E-state index in [4.69, 9.17) is 21.0 Å². The summed E-state index contributed by atoms with van der Waals surface area (Å²) in [5.41, 5.74) is 0.848. The summed E-state index contributed by atoms with van der Waals surface area (Å²) in [5.74, 6) is -0.412. The molecule has 3 heterocycles. The van der Waals surface area contributed by atoms with Crippen LogP contribution in [0.5, 0.6) is 0 Å².